The second kappa shape index (κ2) is 5.87. The molecule has 0 aliphatic carbocycles. The molecule has 0 atom stereocenters. The van der Waals surface area contributed by atoms with Crippen LogP contribution in [0.4, 0.5) is 0 Å². The zero-order chi connectivity index (χ0) is 15.5. The molecule has 0 saturated carbocycles. The summed E-state index contributed by atoms with van der Waals surface area (Å²) in [6.07, 6.45) is 0. The molecule has 1 heteroatoms. The van der Waals surface area contributed by atoms with E-state index >= 15 is 0 Å². The minimum absolute atomic E-state index is 0.829. The zero-order valence-electron chi connectivity index (χ0n) is 12.5. The van der Waals surface area contributed by atoms with Crippen LogP contribution in [0.15, 0.2) is 89.3 Å². The normalized spacial score (nSPS) is 10.3. The largest absolute Gasteiger partial charge is 0.455 e. The van der Waals surface area contributed by atoms with E-state index in [1.165, 1.54) is 0 Å². The van der Waals surface area contributed by atoms with Crippen LogP contribution in [0.25, 0.3) is 22.3 Å². The fourth-order valence-corrected chi connectivity index (χ4v) is 2.62. The molecule has 4 rings (SSSR count). The first-order valence-corrected chi connectivity index (χ1v) is 7.56. The van der Waals surface area contributed by atoms with E-state index in [-0.39, 0.29) is 0 Å². The lowest BCUT2D eigenvalue weighted by Crippen LogP contribution is -1.79. The van der Waals surface area contributed by atoms with Crippen LogP contribution in [0.5, 0.6) is 0 Å². The lowest BCUT2D eigenvalue weighted by atomic mass is 10.1. The molecule has 108 valence electrons. The van der Waals surface area contributed by atoms with Crippen molar-refractivity contribution in [3.05, 3.63) is 96.1 Å². The zero-order valence-corrected chi connectivity index (χ0v) is 12.5. The maximum Gasteiger partial charge on any atom is 0.151 e. The number of para-hydroxylation sites is 1. The van der Waals surface area contributed by atoms with Gasteiger partial charge in [0.2, 0.25) is 0 Å². The van der Waals surface area contributed by atoms with Crippen molar-refractivity contribution >= 4 is 11.0 Å². The average Bonchev–Trinajstić information content (AvgIpc) is 3.00. The minimum atomic E-state index is 0.829. The predicted octanol–water partition coefficient (Wildman–Crippen LogP) is 5.50. The molecule has 0 amide bonds. The molecule has 1 heterocycles. The van der Waals surface area contributed by atoms with Gasteiger partial charge < -0.3 is 4.42 Å². The summed E-state index contributed by atoms with van der Waals surface area (Å²) in [4.78, 5) is 0. The molecule has 0 saturated heterocycles. The van der Waals surface area contributed by atoms with E-state index in [4.69, 9.17) is 4.42 Å². The quantitative estimate of drug-likeness (QED) is 0.422. The highest BCUT2D eigenvalue weighted by Gasteiger charge is 2.13. The molecule has 0 spiro atoms. The average molecular weight is 294 g/mol. The molecular formula is C22H14O. The van der Waals surface area contributed by atoms with Gasteiger partial charge in [-0.3, -0.25) is 0 Å². The molecule has 0 N–H and O–H groups in total. The SMILES string of the molecule is C(#Cc1c(-c2ccccc2)oc2ccccc12)c1ccccc1. The Morgan fingerprint density at radius 2 is 1.26 bits per heavy atom. The third-order valence-corrected chi connectivity index (χ3v) is 3.74. The minimum Gasteiger partial charge on any atom is -0.455 e. The Kier molecular flexibility index (Phi) is 3.42. The third-order valence-electron chi connectivity index (χ3n) is 3.74. The lowest BCUT2D eigenvalue weighted by Gasteiger charge is -1.97. The summed E-state index contributed by atoms with van der Waals surface area (Å²) in [6, 6.07) is 28.2. The van der Waals surface area contributed by atoms with Gasteiger partial charge in [-0.25, -0.2) is 0 Å². The van der Waals surface area contributed by atoms with E-state index in [1.807, 2.05) is 78.9 Å². The van der Waals surface area contributed by atoms with Crippen LogP contribution in [0.3, 0.4) is 0 Å². The molecule has 23 heavy (non-hydrogen) atoms. The van der Waals surface area contributed by atoms with E-state index in [9.17, 15) is 0 Å². The maximum absolute atomic E-state index is 6.07. The van der Waals surface area contributed by atoms with E-state index in [0.717, 1.165) is 33.4 Å². The van der Waals surface area contributed by atoms with Gasteiger partial charge in [-0.15, -0.1) is 0 Å². The Hall–Kier alpha value is -3.24. The lowest BCUT2D eigenvalue weighted by molar-refractivity contribution is 0.630. The fraction of sp³-hybridized carbons (Fsp3) is 0. The first-order chi connectivity index (χ1) is 11.4. The van der Waals surface area contributed by atoms with Gasteiger partial charge in [-0.05, 0) is 24.3 Å². The van der Waals surface area contributed by atoms with Crippen LogP contribution < -0.4 is 0 Å². The Balaban J connectivity index is 1.92. The van der Waals surface area contributed by atoms with Crippen LogP contribution in [0.1, 0.15) is 11.1 Å². The van der Waals surface area contributed by atoms with Crippen LogP contribution >= 0.6 is 0 Å². The van der Waals surface area contributed by atoms with Crippen molar-refractivity contribution < 1.29 is 4.42 Å². The topological polar surface area (TPSA) is 13.1 Å². The number of hydrogen-bond donors (Lipinski definition) is 0. The molecule has 0 aliphatic heterocycles. The van der Waals surface area contributed by atoms with Gasteiger partial charge >= 0.3 is 0 Å². The monoisotopic (exact) mass is 294 g/mol. The summed E-state index contributed by atoms with van der Waals surface area (Å²) in [7, 11) is 0. The summed E-state index contributed by atoms with van der Waals surface area (Å²) >= 11 is 0. The predicted molar refractivity (Wildman–Crippen MR) is 94.1 cm³/mol. The van der Waals surface area contributed by atoms with Gasteiger partial charge in [0, 0.05) is 16.5 Å². The highest BCUT2D eigenvalue weighted by atomic mass is 16.3. The first-order valence-electron chi connectivity index (χ1n) is 7.56. The van der Waals surface area contributed by atoms with Gasteiger partial charge in [-0.2, -0.15) is 0 Å². The summed E-state index contributed by atoms with van der Waals surface area (Å²) in [5, 5.41) is 1.05. The van der Waals surface area contributed by atoms with Crippen molar-refractivity contribution in [1.29, 1.82) is 0 Å². The van der Waals surface area contributed by atoms with Crippen LogP contribution in [0, 0.1) is 11.8 Å². The van der Waals surface area contributed by atoms with Crippen LogP contribution in [0.2, 0.25) is 0 Å². The molecule has 0 bridgehead atoms. The Morgan fingerprint density at radius 3 is 2.04 bits per heavy atom. The van der Waals surface area contributed by atoms with Crippen LogP contribution in [-0.2, 0) is 0 Å². The molecule has 3 aromatic carbocycles. The fourth-order valence-electron chi connectivity index (χ4n) is 2.62. The van der Waals surface area contributed by atoms with Crippen molar-refractivity contribution in [3.63, 3.8) is 0 Å². The number of rotatable bonds is 1. The summed E-state index contributed by atoms with van der Waals surface area (Å²) in [6.45, 7) is 0. The van der Waals surface area contributed by atoms with Crippen molar-refractivity contribution in [2.24, 2.45) is 0 Å². The standard InChI is InChI=1S/C22H14O/c1-3-9-17(10-4-1)15-16-20-19-13-7-8-14-21(19)23-22(20)18-11-5-2-6-12-18/h1-14H. The summed E-state index contributed by atoms with van der Waals surface area (Å²) in [5.74, 6) is 7.38. The maximum atomic E-state index is 6.07. The smallest absolute Gasteiger partial charge is 0.151 e. The summed E-state index contributed by atoms with van der Waals surface area (Å²) < 4.78 is 6.07. The van der Waals surface area contributed by atoms with E-state index in [0.29, 0.717) is 0 Å². The van der Waals surface area contributed by atoms with Crippen LogP contribution in [-0.4, -0.2) is 0 Å². The van der Waals surface area contributed by atoms with Crippen molar-refractivity contribution in [2.45, 2.75) is 0 Å². The second-order valence-corrected chi connectivity index (χ2v) is 5.28. The molecule has 0 fully saturated rings. The van der Waals surface area contributed by atoms with Gasteiger partial charge in [0.15, 0.2) is 5.76 Å². The van der Waals surface area contributed by atoms with Crippen molar-refractivity contribution in [2.75, 3.05) is 0 Å². The highest BCUT2D eigenvalue weighted by molar-refractivity contribution is 5.91. The number of fused-ring (bicyclic) bond motifs is 1. The van der Waals surface area contributed by atoms with E-state index in [1.54, 1.807) is 0 Å². The number of hydrogen-bond acceptors (Lipinski definition) is 1. The Morgan fingerprint density at radius 1 is 0.609 bits per heavy atom. The molecular weight excluding hydrogens is 280 g/mol. The second-order valence-electron chi connectivity index (χ2n) is 5.28. The van der Waals surface area contributed by atoms with Crippen molar-refractivity contribution in [3.8, 4) is 23.2 Å². The van der Waals surface area contributed by atoms with Crippen molar-refractivity contribution in [1.82, 2.24) is 0 Å². The Bertz CT molecular complexity index is 999. The highest BCUT2D eigenvalue weighted by Crippen LogP contribution is 2.32. The van der Waals surface area contributed by atoms with Gasteiger partial charge in [-0.1, -0.05) is 72.5 Å². The molecule has 1 nitrogen and oxygen atoms in total. The van der Waals surface area contributed by atoms with E-state index in [2.05, 4.69) is 17.9 Å². The number of furan rings is 1. The molecule has 1 aromatic heterocycles. The molecule has 0 unspecified atom stereocenters. The van der Waals surface area contributed by atoms with E-state index < -0.39 is 0 Å². The molecule has 4 aromatic rings. The molecule has 0 aliphatic rings. The molecule has 0 radical (unpaired) electrons. The van der Waals surface area contributed by atoms with Gasteiger partial charge in [0.1, 0.15) is 5.58 Å². The van der Waals surface area contributed by atoms with Gasteiger partial charge in [0.05, 0.1) is 5.56 Å². The third kappa shape index (κ3) is 2.63. The van der Waals surface area contributed by atoms with Gasteiger partial charge in [0.25, 0.3) is 0 Å². The Labute approximate surface area is 135 Å². The number of benzene rings is 3. The summed E-state index contributed by atoms with van der Waals surface area (Å²) in [5.41, 5.74) is 3.84. The first kappa shape index (κ1) is 13.4.